The van der Waals surface area contributed by atoms with Gasteiger partial charge < -0.3 is 19.7 Å². The molecule has 1 fully saturated rings. The molecule has 1 heterocycles. The lowest BCUT2D eigenvalue weighted by Gasteiger charge is -2.44. The number of piperidine rings is 1. The minimum absolute atomic E-state index is 0.0494. The fraction of sp³-hybridized carbons (Fsp3) is 0.552. The van der Waals surface area contributed by atoms with Crippen molar-refractivity contribution in [2.45, 2.75) is 71.9 Å². The summed E-state index contributed by atoms with van der Waals surface area (Å²) in [6.45, 7) is 15.6. The molecule has 1 amide bonds. The van der Waals surface area contributed by atoms with Crippen molar-refractivity contribution in [2.75, 3.05) is 25.4 Å². The summed E-state index contributed by atoms with van der Waals surface area (Å²) < 4.78 is 10.6. The summed E-state index contributed by atoms with van der Waals surface area (Å²) in [6.07, 6.45) is 6.60. The normalized spacial score (nSPS) is 19.1. The summed E-state index contributed by atoms with van der Waals surface area (Å²) in [4.78, 5) is 32.1. The van der Waals surface area contributed by atoms with Crippen LogP contribution in [0.25, 0.3) is 0 Å². The predicted molar refractivity (Wildman–Crippen MR) is 151 cm³/mol. The van der Waals surface area contributed by atoms with E-state index in [4.69, 9.17) is 14.5 Å². The van der Waals surface area contributed by atoms with E-state index in [1.165, 1.54) is 22.9 Å². The smallest absolute Gasteiger partial charge is 0.408 e. The highest BCUT2D eigenvalue weighted by molar-refractivity contribution is 8.03. The number of hydrogen-bond donors (Lipinski definition) is 1. The van der Waals surface area contributed by atoms with Gasteiger partial charge in [-0.3, -0.25) is 4.79 Å². The van der Waals surface area contributed by atoms with Crippen LogP contribution in [0, 0.1) is 5.41 Å². The second-order valence-corrected chi connectivity index (χ2v) is 11.8. The van der Waals surface area contributed by atoms with Crippen LogP contribution < -0.4 is 5.32 Å². The van der Waals surface area contributed by atoms with Crippen LogP contribution in [0.5, 0.6) is 0 Å². The molecular formula is C29H41N3O4S. The third-order valence-corrected chi connectivity index (χ3v) is 7.65. The zero-order valence-electron chi connectivity index (χ0n) is 22.8. The number of fused-ring (bicyclic) bond motifs is 1. The van der Waals surface area contributed by atoms with E-state index in [2.05, 4.69) is 35.0 Å². The molecule has 1 aliphatic heterocycles. The van der Waals surface area contributed by atoms with E-state index < -0.39 is 5.60 Å². The number of thioether (sulfide) groups is 1. The van der Waals surface area contributed by atoms with Crippen LogP contribution in [0.4, 0.5) is 4.79 Å². The van der Waals surface area contributed by atoms with Crippen molar-refractivity contribution in [2.24, 2.45) is 10.4 Å². The molecule has 1 saturated heterocycles. The number of allylic oxidation sites excluding steroid dienone is 2. The highest BCUT2D eigenvalue weighted by Gasteiger charge is 2.48. The first-order valence-corrected chi connectivity index (χ1v) is 14.1. The highest BCUT2D eigenvalue weighted by atomic mass is 32.2. The Kier molecular flexibility index (Phi) is 9.87. The van der Waals surface area contributed by atoms with E-state index in [0.717, 1.165) is 43.1 Å². The molecule has 0 radical (unpaired) electrons. The number of carbonyl (C=O) groups excluding carboxylic acids is 2. The van der Waals surface area contributed by atoms with Crippen molar-refractivity contribution in [3.05, 3.63) is 58.8 Å². The van der Waals surface area contributed by atoms with Crippen LogP contribution in [0.15, 0.2) is 52.6 Å². The van der Waals surface area contributed by atoms with Crippen molar-refractivity contribution >= 4 is 30.0 Å². The predicted octanol–water partition coefficient (Wildman–Crippen LogP) is 6.02. The average Bonchev–Trinajstić information content (AvgIpc) is 3.12. The van der Waals surface area contributed by atoms with Gasteiger partial charge in [0.1, 0.15) is 11.4 Å². The van der Waals surface area contributed by atoms with E-state index in [1.54, 1.807) is 13.1 Å². The van der Waals surface area contributed by atoms with Gasteiger partial charge in [0.2, 0.25) is 0 Å². The molecule has 1 spiro atoms. The molecule has 37 heavy (non-hydrogen) atoms. The topological polar surface area (TPSA) is 80.2 Å². The van der Waals surface area contributed by atoms with Gasteiger partial charge in [-0.25, -0.2) is 9.79 Å². The first-order chi connectivity index (χ1) is 17.6. The largest absolute Gasteiger partial charge is 0.466 e. The number of esters is 1. The molecule has 2 aliphatic rings. The van der Waals surface area contributed by atoms with Crippen molar-refractivity contribution < 1.29 is 19.1 Å². The molecule has 8 heteroatoms. The summed E-state index contributed by atoms with van der Waals surface area (Å²) >= 11 is 1.51. The molecule has 1 N–H and O–H groups in total. The van der Waals surface area contributed by atoms with E-state index in [0.29, 0.717) is 18.8 Å². The van der Waals surface area contributed by atoms with E-state index in [1.807, 2.05) is 39.8 Å². The minimum Gasteiger partial charge on any atom is -0.466 e. The Morgan fingerprint density at radius 1 is 1.27 bits per heavy atom. The third-order valence-electron chi connectivity index (χ3n) is 6.76. The standard InChI is InChI=1S/C29H41N3O4S/c1-7-24(30-20-21(3)37-18-13-25(33)35-8-2)32-16-14-29(15-17-32)19-22-11-9-10-12-23(22)26(29)31-27(34)36-28(4,5)6/h7,9-12,20,26H,3,8,13-19H2,1-2,4-6H3,(H,31,34)/b24-7+,30-20?/t26-/m1/s1. The zero-order chi connectivity index (χ0) is 27.1. The lowest BCUT2D eigenvalue weighted by molar-refractivity contribution is -0.142. The third kappa shape index (κ3) is 7.87. The highest BCUT2D eigenvalue weighted by Crippen LogP contribution is 2.52. The van der Waals surface area contributed by atoms with Gasteiger partial charge in [0.25, 0.3) is 0 Å². The summed E-state index contributed by atoms with van der Waals surface area (Å²) in [7, 11) is 0. The Labute approximate surface area is 225 Å². The van der Waals surface area contributed by atoms with E-state index in [9.17, 15) is 9.59 Å². The van der Waals surface area contributed by atoms with E-state index >= 15 is 0 Å². The molecule has 1 aliphatic carbocycles. The maximum Gasteiger partial charge on any atom is 0.408 e. The molecule has 0 unspecified atom stereocenters. The van der Waals surface area contributed by atoms with Crippen molar-refractivity contribution in [1.82, 2.24) is 10.2 Å². The molecule has 0 saturated carbocycles. The number of aliphatic imine (C=N–C) groups is 1. The minimum atomic E-state index is -0.543. The van der Waals surface area contributed by atoms with Gasteiger partial charge in [-0.15, -0.1) is 11.8 Å². The van der Waals surface area contributed by atoms with Crippen LogP contribution in [-0.2, 0) is 20.7 Å². The zero-order valence-corrected chi connectivity index (χ0v) is 23.7. The van der Waals surface area contributed by atoms with Gasteiger partial charge in [-0.05, 0) is 71.1 Å². The van der Waals surface area contributed by atoms with E-state index in [-0.39, 0.29) is 23.5 Å². The lowest BCUT2D eigenvalue weighted by Crippen LogP contribution is -2.47. The first kappa shape index (κ1) is 28.8. The first-order valence-electron chi connectivity index (χ1n) is 13.1. The fourth-order valence-corrected chi connectivity index (χ4v) is 5.76. The van der Waals surface area contributed by atoms with Gasteiger partial charge >= 0.3 is 12.1 Å². The van der Waals surface area contributed by atoms with Gasteiger partial charge in [0.15, 0.2) is 0 Å². The molecule has 3 rings (SSSR count). The maximum atomic E-state index is 12.8. The van der Waals surface area contributed by atoms with Gasteiger partial charge in [0.05, 0.1) is 19.1 Å². The number of amides is 1. The Balaban J connectivity index is 1.62. The number of benzene rings is 1. The second-order valence-electron chi connectivity index (χ2n) is 10.6. The summed E-state index contributed by atoms with van der Waals surface area (Å²) in [5, 5.41) is 3.21. The molecule has 1 aromatic rings. The number of nitrogens with one attached hydrogen (secondary N) is 1. The molecule has 7 nitrogen and oxygen atoms in total. The molecule has 1 atom stereocenters. The van der Waals surface area contributed by atoms with Gasteiger partial charge in [-0.1, -0.05) is 30.8 Å². The lowest BCUT2D eigenvalue weighted by atomic mass is 9.72. The SMILES string of the molecule is C=C(C=N/C(=C\C)N1CCC2(CC1)Cc1ccccc1[C@H]2NC(=O)OC(C)(C)C)SCCC(=O)OCC. The maximum absolute atomic E-state index is 12.8. The Morgan fingerprint density at radius 2 is 1.97 bits per heavy atom. The molecule has 1 aromatic carbocycles. The molecular weight excluding hydrogens is 486 g/mol. The van der Waals surface area contributed by atoms with Crippen LogP contribution in [0.1, 0.15) is 71.0 Å². The van der Waals surface area contributed by atoms with Gasteiger partial charge in [-0.2, -0.15) is 0 Å². The van der Waals surface area contributed by atoms with Crippen molar-refractivity contribution in [3.63, 3.8) is 0 Å². The number of hydrogen-bond acceptors (Lipinski definition) is 7. The average molecular weight is 528 g/mol. The summed E-state index contributed by atoms with van der Waals surface area (Å²) in [5.74, 6) is 1.34. The summed E-state index contributed by atoms with van der Waals surface area (Å²) in [5.41, 5.74) is 1.91. The Bertz CT molecular complexity index is 1040. The molecule has 0 bridgehead atoms. The number of carbonyl (C=O) groups is 2. The quantitative estimate of drug-likeness (QED) is 0.312. The number of rotatable bonds is 9. The van der Waals surface area contributed by atoms with Crippen molar-refractivity contribution in [1.29, 1.82) is 0 Å². The fourth-order valence-electron chi connectivity index (χ4n) is 5.10. The van der Waals surface area contributed by atoms with Crippen LogP contribution >= 0.6 is 11.8 Å². The second kappa shape index (κ2) is 12.7. The molecule has 0 aromatic heterocycles. The monoisotopic (exact) mass is 527 g/mol. The van der Waals surface area contributed by atoms with Crippen LogP contribution in [0.3, 0.4) is 0 Å². The summed E-state index contributed by atoms with van der Waals surface area (Å²) in [6, 6.07) is 8.34. The van der Waals surface area contributed by atoms with Crippen LogP contribution in [-0.4, -0.2) is 54.2 Å². The van der Waals surface area contributed by atoms with Crippen molar-refractivity contribution in [3.8, 4) is 0 Å². The number of ether oxygens (including phenoxy) is 2. The van der Waals surface area contributed by atoms with Gasteiger partial charge in [0, 0.05) is 35.4 Å². The Morgan fingerprint density at radius 3 is 2.62 bits per heavy atom. The molecule has 202 valence electrons. The van der Waals surface area contributed by atoms with Crippen LogP contribution in [0.2, 0.25) is 0 Å². The Hall–Kier alpha value is -2.74. The number of nitrogens with zero attached hydrogens (tertiary/aromatic N) is 2. The number of likely N-dealkylation sites (tertiary alicyclic amines) is 1. The number of alkyl carbamates (subject to hydrolysis) is 1.